The molecule has 30 heavy (non-hydrogen) atoms. The minimum Gasteiger partial charge on any atom is -0.460 e. The number of ether oxygens (including phenoxy) is 2. The van der Waals surface area contributed by atoms with Gasteiger partial charge in [-0.3, -0.25) is 19.3 Å². The average molecular weight is 411 g/mol. The van der Waals surface area contributed by atoms with E-state index in [1.54, 1.807) is 31.2 Å². The van der Waals surface area contributed by atoms with Gasteiger partial charge in [-0.15, -0.1) is 0 Å². The molecule has 0 spiro atoms. The molecule has 2 aromatic rings. The number of benzene rings is 1. The number of nitrogens with zero attached hydrogens (tertiary/aromatic N) is 1. The zero-order chi connectivity index (χ0) is 21.3. The van der Waals surface area contributed by atoms with E-state index in [-0.39, 0.29) is 30.8 Å². The van der Waals surface area contributed by atoms with Crippen LogP contribution < -0.4 is 0 Å². The molecule has 2 atom stereocenters. The van der Waals surface area contributed by atoms with E-state index in [2.05, 4.69) is 0 Å². The summed E-state index contributed by atoms with van der Waals surface area (Å²) in [5.41, 5.74) is 0.849. The zero-order valence-corrected chi connectivity index (χ0v) is 16.5. The van der Waals surface area contributed by atoms with Gasteiger partial charge in [-0.2, -0.15) is 0 Å². The molecule has 0 saturated carbocycles. The molecule has 0 unspecified atom stereocenters. The van der Waals surface area contributed by atoms with Crippen LogP contribution >= 0.6 is 0 Å². The van der Waals surface area contributed by atoms with Gasteiger partial charge >= 0.3 is 11.9 Å². The third-order valence-corrected chi connectivity index (χ3v) is 5.42. The minimum absolute atomic E-state index is 0.0312. The van der Waals surface area contributed by atoms with Crippen LogP contribution in [-0.4, -0.2) is 41.8 Å². The van der Waals surface area contributed by atoms with Crippen molar-refractivity contribution in [2.24, 2.45) is 11.8 Å². The second-order valence-corrected chi connectivity index (χ2v) is 7.21. The van der Waals surface area contributed by atoms with E-state index in [4.69, 9.17) is 13.9 Å². The normalized spacial score (nSPS) is 20.5. The maximum Gasteiger partial charge on any atom is 0.374 e. The second-order valence-electron chi connectivity index (χ2n) is 7.21. The van der Waals surface area contributed by atoms with Gasteiger partial charge in [-0.1, -0.05) is 30.4 Å². The van der Waals surface area contributed by atoms with Crippen LogP contribution in [0.4, 0.5) is 0 Å². The second kappa shape index (κ2) is 8.14. The van der Waals surface area contributed by atoms with Crippen LogP contribution in [0.2, 0.25) is 0 Å². The number of fused-ring (bicyclic) bond motifs is 2. The Morgan fingerprint density at radius 1 is 1.07 bits per heavy atom. The lowest BCUT2D eigenvalue weighted by atomic mass is 9.85. The molecule has 1 aliphatic heterocycles. The van der Waals surface area contributed by atoms with E-state index in [1.807, 2.05) is 12.2 Å². The van der Waals surface area contributed by atoms with Crippen molar-refractivity contribution in [2.75, 3.05) is 13.2 Å². The number of carbonyl (C=O) groups is 4. The fraction of sp³-hybridized carbons (Fsp3) is 0.364. The molecule has 0 bridgehead atoms. The molecule has 8 heteroatoms. The summed E-state index contributed by atoms with van der Waals surface area (Å²) in [4.78, 5) is 50.6. The quantitative estimate of drug-likeness (QED) is 0.409. The average Bonchev–Trinajstić information content (AvgIpc) is 3.24. The van der Waals surface area contributed by atoms with Crippen LogP contribution in [-0.2, 0) is 30.5 Å². The Hall–Kier alpha value is -3.42. The Morgan fingerprint density at radius 2 is 1.73 bits per heavy atom. The highest BCUT2D eigenvalue weighted by molar-refractivity contribution is 6.07. The molecule has 0 N–H and O–H groups in total. The number of imide groups is 1. The van der Waals surface area contributed by atoms with Crippen LogP contribution in [0.25, 0.3) is 11.0 Å². The summed E-state index contributed by atoms with van der Waals surface area (Å²) < 4.78 is 15.9. The molecule has 2 heterocycles. The van der Waals surface area contributed by atoms with E-state index < -0.39 is 30.3 Å². The number of carbonyl (C=O) groups excluding carboxylic acids is 4. The van der Waals surface area contributed by atoms with Gasteiger partial charge in [0.2, 0.25) is 17.6 Å². The van der Waals surface area contributed by atoms with Gasteiger partial charge in [-0.05, 0) is 25.8 Å². The lowest BCUT2D eigenvalue weighted by Gasteiger charge is -2.14. The molecule has 1 aromatic carbocycles. The van der Waals surface area contributed by atoms with Crippen LogP contribution in [0.3, 0.4) is 0 Å². The molecular weight excluding hydrogens is 390 g/mol. The number of hydrogen-bond donors (Lipinski definition) is 0. The number of amides is 2. The molecule has 1 aliphatic carbocycles. The lowest BCUT2D eigenvalue weighted by molar-refractivity contribution is -0.153. The van der Waals surface area contributed by atoms with Gasteiger partial charge in [0, 0.05) is 5.39 Å². The van der Waals surface area contributed by atoms with Crippen LogP contribution in [0, 0.1) is 11.8 Å². The largest absolute Gasteiger partial charge is 0.460 e. The topological polar surface area (TPSA) is 103 Å². The first kappa shape index (κ1) is 19.9. The Labute approximate surface area is 172 Å². The predicted molar refractivity (Wildman–Crippen MR) is 104 cm³/mol. The summed E-state index contributed by atoms with van der Waals surface area (Å²) in [5, 5.41) is 0.624. The van der Waals surface area contributed by atoms with Gasteiger partial charge in [-0.25, -0.2) is 4.79 Å². The smallest absolute Gasteiger partial charge is 0.374 e. The predicted octanol–water partition coefficient (Wildman–Crippen LogP) is 2.60. The third-order valence-electron chi connectivity index (χ3n) is 5.42. The van der Waals surface area contributed by atoms with Gasteiger partial charge in [0.25, 0.3) is 0 Å². The van der Waals surface area contributed by atoms with Gasteiger partial charge in [0.1, 0.15) is 18.7 Å². The maximum atomic E-state index is 12.5. The Bertz CT molecular complexity index is 1020. The van der Waals surface area contributed by atoms with Crippen LogP contribution in [0.1, 0.15) is 35.9 Å². The van der Waals surface area contributed by atoms with E-state index in [1.165, 1.54) is 0 Å². The summed E-state index contributed by atoms with van der Waals surface area (Å²) >= 11 is 0. The fourth-order valence-electron chi connectivity index (χ4n) is 3.96. The molecular formula is C22H21NO7. The summed E-state index contributed by atoms with van der Waals surface area (Å²) in [6, 6.07) is 6.97. The Kier molecular flexibility index (Phi) is 5.39. The highest BCUT2D eigenvalue weighted by Crippen LogP contribution is 2.35. The van der Waals surface area contributed by atoms with Crippen molar-refractivity contribution in [3.05, 3.63) is 47.7 Å². The number of para-hydroxylation sites is 1. The SMILES string of the molecule is CCOC(=O)c1oc2ccccc2c1COC(=O)CN1C(=O)[C@H]2CC=CC[C@@H]2C1=O. The summed E-state index contributed by atoms with van der Waals surface area (Å²) in [6.07, 6.45) is 4.78. The minimum atomic E-state index is -0.733. The zero-order valence-electron chi connectivity index (χ0n) is 16.5. The molecule has 156 valence electrons. The van der Waals surface area contributed by atoms with Gasteiger partial charge in [0.05, 0.1) is 24.0 Å². The van der Waals surface area contributed by atoms with Gasteiger partial charge < -0.3 is 13.9 Å². The van der Waals surface area contributed by atoms with Crippen molar-refractivity contribution in [3.63, 3.8) is 0 Å². The molecule has 4 rings (SSSR count). The van der Waals surface area contributed by atoms with E-state index in [0.717, 1.165) is 4.90 Å². The van der Waals surface area contributed by atoms with Crippen molar-refractivity contribution in [3.8, 4) is 0 Å². The molecule has 1 fully saturated rings. The fourth-order valence-corrected chi connectivity index (χ4v) is 3.96. The van der Waals surface area contributed by atoms with E-state index >= 15 is 0 Å². The van der Waals surface area contributed by atoms with Crippen molar-refractivity contribution in [2.45, 2.75) is 26.4 Å². The first-order valence-electron chi connectivity index (χ1n) is 9.84. The standard InChI is InChI=1S/C22H21NO7/c1-2-28-22(27)19-16(13-7-5-6-10-17(13)30-19)12-29-18(24)11-23-20(25)14-8-3-4-9-15(14)21(23)26/h3-7,10,14-15H,2,8-9,11-12H2,1H3/t14-,15-/m0/s1. The van der Waals surface area contributed by atoms with Crippen molar-refractivity contribution in [1.29, 1.82) is 0 Å². The highest BCUT2D eigenvalue weighted by atomic mass is 16.5. The number of hydrogen-bond acceptors (Lipinski definition) is 7. The molecule has 1 aromatic heterocycles. The molecule has 1 saturated heterocycles. The van der Waals surface area contributed by atoms with E-state index in [0.29, 0.717) is 29.4 Å². The maximum absolute atomic E-state index is 12.5. The molecule has 2 amide bonds. The molecule has 0 radical (unpaired) electrons. The summed E-state index contributed by atoms with van der Waals surface area (Å²) in [6.45, 7) is 1.16. The van der Waals surface area contributed by atoms with Crippen LogP contribution in [0.15, 0.2) is 40.8 Å². The Morgan fingerprint density at radius 3 is 2.40 bits per heavy atom. The number of allylic oxidation sites excluding steroid dienone is 2. The number of furan rings is 1. The number of likely N-dealkylation sites (tertiary alicyclic amines) is 1. The van der Waals surface area contributed by atoms with Gasteiger partial charge in [0.15, 0.2) is 0 Å². The summed E-state index contributed by atoms with van der Waals surface area (Å²) in [7, 11) is 0. The molecule has 8 nitrogen and oxygen atoms in total. The first-order valence-corrected chi connectivity index (χ1v) is 9.84. The van der Waals surface area contributed by atoms with Crippen LogP contribution in [0.5, 0.6) is 0 Å². The van der Waals surface area contributed by atoms with Crippen molar-refractivity contribution < 1.29 is 33.1 Å². The number of esters is 2. The summed E-state index contributed by atoms with van der Waals surface area (Å²) in [5.74, 6) is -2.90. The highest BCUT2D eigenvalue weighted by Gasteiger charge is 2.47. The first-order chi connectivity index (χ1) is 14.5. The number of rotatable bonds is 6. The lowest BCUT2D eigenvalue weighted by Crippen LogP contribution is -2.36. The van der Waals surface area contributed by atoms with Crippen molar-refractivity contribution >= 4 is 34.7 Å². The van der Waals surface area contributed by atoms with Crippen molar-refractivity contribution in [1.82, 2.24) is 4.90 Å². The van der Waals surface area contributed by atoms with E-state index in [9.17, 15) is 19.2 Å². The molecule has 2 aliphatic rings. The third kappa shape index (κ3) is 3.49. The monoisotopic (exact) mass is 411 g/mol. The Balaban J connectivity index is 1.47.